The molecule has 0 aliphatic heterocycles. The lowest BCUT2D eigenvalue weighted by Gasteiger charge is -2.14. The molecule has 156 valence electrons. The molecule has 1 aromatic heterocycles. The van der Waals surface area contributed by atoms with Crippen molar-refractivity contribution in [3.8, 4) is 5.75 Å². The molecular weight excluding hydrogens is 488 g/mol. The standard InChI is InChI=1S/C18H13BrN4O3S2.C2H6/c19-11-5-7-12(8-6-11)28(25,26)23-15-9-16(27-18-20-10-21-22-18)17(24)14-4-2-1-3-13(14)15;1-2/h1-10,23-24H,(H,20,21,22);1-2H3. The van der Waals surface area contributed by atoms with Gasteiger partial charge in [0.25, 0.3) is 10.0 Å². The summed E-state index contributed by atoms with van der Waals surface area (Å²) in [6, 6.07) is 15.0. The Bertz CT molecular complexity index is 1250. The summed E-state index contributed by atoms with van der Waals surface area (Å²) in [6.45, 7) is 4.00. The van der Waals surface area contributed by atoms with Crippen molar-refractivity contribution in [2.45, 2.75) is 28.8 Å². The molecule has 1 heterocycles. The Morgan fingerprint density at radius 3 is 2.37 bits per heavy atom. The van der Waals surface area contributed by atoms with Crippen LogP contribution in [0.25, 0.3) is 10.8 Å². The van der Waals surface area contributed by atoms with Gasteiger partial charge in [-0.15, -0.1) is 0 Å². The topological polar surface area (TPSA) is 108 Å². The van der Waals surface area contributed by atoms with Crippen molar-refractivity contribution in [2.24, 2.45) is 0 Å². The first-order chi connectivity index (χ1) is 14.4. The Balaban J connectivity index is 0.00000124. The number of aromatic hydroxyl groups is 1. The van der Waals surface area contributed by atoms with Gasteiger partial charge in [0.1, 0.15) is 12.1 Å². The second kappa shape index (κ2) is 9.50. The second-order valence-corrected chi connectivity index (χ2v) is 9.40. The van der Waals surface area contributed by atoms with Gasteiger partial charge in [0.2, 0.25) is 0 Å². The number of nitrogens with one attached hydrogen (secondary N) is 2. The number of H-pyrrole nitrogens is 1. The maximum Gasteiger partial charge on any atom is 0.261 e. The fourth-order valence-electron chi connectivity index (χ4n) is 2.66. The van der Waals surface area contributed by atoms with Crippen molar-refractivity contribution in [1.29, 1.82) is 0 Å². The number of phenols is 1. The molecule has 0 amide bonds. The summed E-state index contributed by atoms with van der Waals surface area (Å²) in [5, 5.41) is 18.7. The van der Waals surface area contributed by atoms with Crippen LogP contribution in [0.15, 0.2) is 80.3 Å². The van der Waals surface area contributed by atoms with Gasteiger partial charge in [0.15, 0.2) is 5.16 Å². The number of phenolic OH excluding ortho intramolecular Hbond substituents is 1. The third-order valence-electron chi connectivity index (χ3n) is 3.95. The SMILES string of the molecule is CC.O=S(=O)(Nc1cc(Sc2ncn[nH]2)c(O)c2ccccc12)c1ccc(Br)cc1. The van der Waals surface area contributed by atoms with E-state index < -0.39 is 10.0 Å². The lowest BCUT2D eigenvalue weighted by Crippen LogP contribution is -2.13. The van der Waals surface area contributed by atoms with Crippen LogP contribution in [0, 0.1) is 0 Å². The summed E-state index contributed by atoms with van der Waals surface area (Å²) in [5.41, 5.74) is 0.360. The van der Waals surface area contributed by atoms with Crippen molar-refractivity contribution >= 4 is 54.2 Å². The highest BCUT2D eigenvalue weighted by Gasteiger charge is 2.19. The lowest BCUT2D eigenvalue weighted by atomic mass is 10.1. The molecule has 0 saturated carbocycles. The number of halogens is 1. The minimum absolute atomic E-state index is 0.0450. The summed E-state index contributed by atoms with van der Waals surface area (Å²) in [7, 11) is -3.81. The molecule has 7 nitrogen and oxygen atoms in total. The van der Waals surface area contributed by atoms with E-state index in [4.69, 9.17) is 0 Å². The number of fused-ring (bicyclic) bond motifs is 1. The highest BCUT2D eigenvalue weighted by atomic mass is 79.9. The third-order valence-corrected chi connectivity index (χ3v) is 6.78. The van der Waals surface area contributed by atoms with Crippen molar-refractivity contribution in [3.63, 3.8) is 0 Å². The summed E-state index contributed by atoms with van der Waals surface area (Å²) in [6.07, 6.45) is 1.36. The minimum Gasteiger partial charge on any atom is -0.506 e. The molecule has 30 heavy (non-hydrogen) atoms. The van der Waals surface area contributed by atoms with E-state index in [-0.39, 0.29) is 10.6 Å². The van der Waals surface area contributed by atoms with Gasteiger partial charge < -0.3 is 5.11 Å². The van der Waals surface area contributed by atoms with Gasteiger partial charge in [-0.25, -0.2) is 13.4 Å². The van der Waals surface area contributed by atoms with Crippen LogP contribution in [0.3, 0.4) is 0 Å². The Hall–Kier alpha value is -2.56. The van der Waals surface area contributed by atoms with Crippen molar-refractivity contribution in [1.82, 2.24) is 15.2 Å². The fraction of sp³-hybridized carbons (Fsp3) is 0.100. The highest BCUT2D eigenvalue weighted by molar-refractivity contribution is 9.10. The lowest BCUT2D eigenvalue weighted by molar-refractivity contribution is 0.469. The molecule has 0 aliphatic rings. The summed E-state index contributed by atoms with van der Waals surface area (Å²) >= 11 is 4.45. The molecule has 10 heteroatoms. The van der Waals surface area contributed by atoms with Gasteiger partial charge in [-0.2, -0.15) is 5.10 Å². The maximum absolute atomic E-state index is 12.8. The van der Waals surface area contributed by atoms with Gasteiger partial charge in [0, 0.05) is 15.2 Å². The molecule has 4 rings (SSSR count). The molecule has 4 aromatic rings. The van der Waals surface area contributed by atoms with Crippen LogP contribution in [0.2, 0.25) is 0 Å². The molecule has 0 spiro atoms. The number of hydrogen-bond donors (Lipinski definition) is 3. The van der Waals surface area contributed by atoms with E-state index in [0.29, 0.717) is 26.5 Å². The van der Waals surface area contributed by atoms with E-state index in [9.17, 15) is 13.5 Å². The normalized spacial score (nSPS) is 11.0. The van der Waals surface area contributed by atoms with Crippen LogP contribution < -0.4 is 4.72 Å². The number of benzene rings is 3. The molecule has 0 atom stereocenters. The van der Waals surface area contributed by atoms with Crippen LogP contribution in [0.1, 0.15) is 13.8 Å². The van der Waals surface area contributed by atoms with E-state index in [0.717, 1.165) is 16.2 Å². The van der Waals surface area contributed by atoms with Crippen molar-refractivity contribution in [3.05, 3.63) is 65.4 Å². The Morgan fingerprint density at radius 2 is 1.73 bits per heavy atom. The van der Waals surface area contributed by atoms with Crippen LogP contribution in [-0.4, -0.2) is 28.7 Å². The monoisotopic (exact) mass is 506 g/mol. The Labute approximate surface area is 187 Å². The molecule has 3 N–H and O–H groups in total. The summed E-state index contributed by atoms with van der Waals surface area (Å²) < 4.78 is 29.1. The number of hydrogen-bond acceptors (Lipinski definition) is 6. The number of rotatable bonds is 5. The summed E-state index contributed by atoms with van der Waals surface area (Å²) in [4.78, 5) is 4.62. The molecule has 0 bridgehead atoms. The van der Waals surface area contributed by atoms with Crippen molar-refractivity contribution in [2.75, 3.05) is 4.72 Å². The zero-order chi connectivity index (χ0) is 21.7. The van der Waals surface area contributed by atoms with Crippen LogP contribution in [0.4, 0.5) is 5.69 Å². The van der Waals surface area contributed by atoms with Gasteiger partial charge in [0.05, 0.1) is 15.5 Å². The largest absolute Gasteiger partial charge is 0.506 e. The quantitative estimate of drug-likeness (QED) is 0.312. The predicted molar refractivity (Wildman–Crippen MR) is 122 cm³/mol. The smallest absolute Gasteiger partial charge is 0.261 e. The zero-order valence-electron chi connectivity index (χ0n) is 16.1. The van der Waals surface area contributed by atoms with Gasteiger partial charge >= 0.3 is 0 Å². The van der Waals surface area contributed by atoms with Crippen LogP contribution >= 0.6 is 27.7 Å². The van der Waals surface area contributed by atoms with E-state index in [2.05, 4.69) is 35.8 Å². The molecule has 3 aromatic carbocycles. The molecule has 0 saturated heterocycles. The minimum atomic E-state index is -3.81. The number of aromatic nitrogens is 3. The molecule has 0 unspecified atom stereocenters. The Kier molecular flexibility index (Phi) is 7.01. The Morgan fingerprint density at radius 1 is 1.07 bits per heavy atom. The molecule has 0 fully saturated rings. The second-order valence-electron chi connectivity index (χ2n) is 5.77. The number of sulfonamides is 1. The van der Waals surface area contributed by atoms with Gasteiger partial charge in [-0.3, -0.25) is 9.82 Å². The molecule has 0 radical (unpaired) electrons. The van der Waals surface area contributed by atoms with Crippen molar-refractivity contribution < 1.29 is 13.5 Å². The molecule has 0 aliphatic carbocycles. The first-order valence-electron chi connectivity index (χ1n) is 9.00. The zero-order valence-corrected chi connectivity index (χ0v) is 19.3. The van der Waals surface area contributed by atoms with E-state index in [1.165, 1.54) is 18.5 Å². The highest BCUT2D eigenvalue weighted by Crippen LogP contribution is 2.42. The predicted octanol–water partition coefficient (Wildman–Crippen LogP) is 5.40. The van der Waals surface area contributed by atoms with Gasteiger partial charge in [-0.05, 0) is 42.1 Å². The average Bonchev–Trinajstić information content (AvgIpc) is 3.26. The first-order valence-corrected chi connectivity index (χ1v) is 12.1. The number of anilines is 1. The van der Waals surface area contributed by atoms with E-state index >= 15 is 0 Å². The average molecular weight is 507 g/mol. The van der Waals surface area contributed by atoms with E-state index in [1.807, 2.05) is 13.8 Å². The number of aromatic amines is 1. The van der Waals surface area contributed by atoms with Crippen LogP contribution in [0.5, 0.6) is 5.75 Å². The van der Waals surface area contributed by atoms with E-state index in [1.54, 1.807) is 42.5 Å². The third kappa shape index (κ3) is 4.77. The van der Waals surface area contributed by atoms with Crippen LogP contribution in [-0.2, 0) is 10.0 Å². The summed E-state index contributed by atoms with van der Waals surface area (Å²) in [5.74, 6) is 0.0450. The van der Waals surface area contributed by atoms with Gasteiger partial charge in [-0.1, -0.05) is 54.0 Å². The molecular formula is C20H19BrN4O3S2. The number of nitrogens with zero attached hydrogens (tertiary/aromatic N) is 2. The maximum atomic E-state index is 12.8. The fourth-order valence-corrected chi connectivity index (χ4v) is 4.79. The first kappa shape index (κ1) is 22.1.